The molecule has 2 heterocycles. The smallest absolute Gasteiger partial charge is 0.113 e. The zero-order chi connectivity index (χ0) is 13.2. The van der Waals surface area contributed by atoms with E-state index in [1.165, 1.54) is 10.4 Å². The molecule has 0 amide bonds. The van der Waals surface area contributed by atoms with Crippen LogP contribution in [0, 0.1) is 6.92 Å². The molecule has 1 N–H and O–H groups in total. The molecule has 5 heteroatoms. The third-order valence-electron chi connectivity index (χ3n) is 3.15. The Balaban J connectivity index is 1.90. The third kappa shape index (κ3) is 2.89. The van der Waals surface area contributed by atoms with Gasteiger partial charge in [-0.25, -0.2) is 4.98 Å². The molecule has 1 aliphatic heterocycles. The van der Waals surface area contributed by atoms with Gasteiger partial charge in [-0.1, -0.05) is 28.1 Å². The van der Waals surface area contributed by atoms with E-state index in [1.54, 1.807) is 11.3 Å². The van der Waals surface area contributed by atoms with Crippen LogP contribution in [0.25, 0.3) is 11.3 Å². The number of benzene rings is 1. The summed E-state index contributed by atoms with van der Waals surface area (Å²) in [7, 11) is 0. The van der Waals surface area contributed by atoms with Crippen LogP contribution in [-0.4, -0.2) is 24.7 Å². The molecule has 0 saturated carbocycles. The molecular formula is C14H15BrN2OS. The Hall–Kier alpha value is -0.750. The highest BCUT2D eigenvalue weighted by Crippen LogP contribution is 2.31. The first-order valence-electron chi connectivity index (χ1n) is 6.28. The molecule has 1 saturated heterocycles. The minimum absolute atomic E-state index is 0.238. The van der Waals surface area contributed by atoms with Gasteiger partial charge in [-0.05, 0) is 19.1 Å². The molecule has 0 bridgehead atoms. The second kappa shape index (κ2) is 5.71. The van der Waals surface area contributed by atoms with Crippen molar-refractivity contribution < 1.29 is 4.74 Å². The zero-order valence-corrected chi connectivity index (χ0v) is 13.1. The summed E-state index contributed by atoms with van der Waals surface area (Å²) >= 11 is 5.21. The molecule has 3 nitrogen and oxygen atoms in total. The van der Waals surface area contributed by atoms with E-state index in [-0.39, 0.29) is 6.04 Å². The highest BCUT2D eigenvalue weighted by Gasteiger charge is 2.20. The summed E-state index contributed by atoms with van der Waals surface area (Å²) in [4.78, 5) is 6.05. The monoisotopic (exact) mass is 338 g/mol. The van der Waals surface area contributed by atoms with Crippen molar-refractivity contribution in [3.63, 3.8) is 0 Å². The average molecular weight is 339 g/mol. The van der Waals surface area contributed by atoms with Crippen LogP contribution in [-0.2, 0) is 4.74 Å². The third-order valence-corrected chi connectivity index (χ3v) is 4.76. The van der Waals surface area contributed by atoms with E-state index >= 15 is 0 Å². The quantitative estimate of drug-likeness (QED) is 0.909. The molecule has 1 fully saturated rings. The van der Waals surface area contributed by atoms with Gasteiger partial charge in [-0.15, -0.1) is 11.3 Å². The Kier molecular flexibility index (Phi) is 3.98. The van der Waals surface area contributed by atoms with Gasteiger partial charge in [0.1, 0.15) is 5.01 Å². The van der Waals surface area contributed by atoms with Crippen LogP contribution in [0.3, 0.4) is 0 Å². The van der Waals surface area contributed by atoms with E-state index in [4.69, 9.17) is 9.72 Å². The van der Waals surface area contributed by atoms with Crippen molar-refractivity contribution in [1.82, 2.24) is 10.3 Å². The first-order chi connectivity index (χ1) is 9.24. The number of thiazole rings is 1. The molecule has 0 aliphatic carbocycles. The largest absolute Gasteiger partial charge is 0.378 e. The fraction of sp³-hybridized carbons (Fsp3) is 0.357. The van der Waals surface area contributed by atoms with Crippen molar-refractivity contribution in [2.24, 2.45) is 0 Å². The molecular weight excluding hydrogens is 324 g/mol. The van der Waals surface area contributed by atoms with Crippen LogP contribution < -0.4 is 5.32 Å². The van der Waals surface area contributed by atoms with Gasteiger partial charge in [0, 0.05) is 21.5 Å². The first-order valence-corrected chi connectivity index (χ1v) is 7.89. The van der Waals surface area contributed by atoms with Crippen molar-refractivity contribution >= 4 is 27.3 Å². The predicted molar refractivity (Wildman–Crippen MR) is 81.5 cm³/mol. The average Bonchev–Trinajstić information content (AvgIpc) is 2.83. The van der Waals surface area contributed by atoms with Crippen molar-refractivity contribution in [1.29, 1.82) is 0 Å². The summed E-state index contributed by atoms with van der Waals surface area (Å²) in [5.41, 5.74) is 2.25. The van der Waals surface area contributed by atoms with Gasteiger partial charge in [0.15, 0.2) is 0 Å². The van der Waals surface area contributed by atoms with E-state index in [2.05, 4.69) is 52.4 Å². The van der Waals surface area contributed by atoms with Crippen LogP contribution in [0.1, 0.15) is 15.9 Å². The number of halogens is 1. The predicted octanol–water partition coefficient (Wildman–Crippen LogP) is 3.54. The SMILES string of the molecule is Cc1sc(C2COCCN2)nc1-c1ccc(Br)cc1. The second-order valence-electron chi connectivity index (χ2n) is 4.55. The maximum atomic E-state index is 5.51. The Labute approximate surface area is 125 Å². The van der Waals surface area contributed by atoms with Gasteiger partial charge in [-0.3, -0.25) is 0 Å². The van der Waals surface area contributed by atoms with Crippen molar-refractivity contribution in [2.45, 2.75) is 13.0 Å². The topological polar surface area (TPSA) is 34.1 Å². The second-order valence-corrected chi connectivity index (χ2v) is 6.70. The molecule has 1 atom stereocenters. The standard InChI is InChI=1S/C14H15BrN2OS/c1-9-13(10-2-4-11(15)5-3-10)17-14(19-9)12-8-18-7-6-16-12/h2-5,12,16H,6-8H2,1H3. The summed E-state index contributed by atoms with van der Waals surface area (Å²) in [5, 5.41) is 4.57. The number of nitrogens with one attached hydrogen (secondary N) is 1. The first kappa shape index (κ1) is 13.2. The minimum Gasteiger partial charge on any atom is -0.378 e. The highest BCUT2D eigenvalue weighted by atomic mass is 79.9. The molecule has 19 heavy (non-hydrogen) atoms. The lowest BCUT2D eigenvalue weighted by Gasteiger charge is -2.21. The Bertz CT molecular complexity index is 561. The summed E-state index contributed by atoms with van der Waals surface area (Å²) in [6.07, 6.45) is 0. The minimum atomic E-state index is 0.238. The van der Waals surface area contributed by atoms with E-state index < -0.39 is 0 Å². The molecule has 1 aliphatic rings. The molecule has 100 valence electrons. The van der Waals surface area contributed by atoms with Crippen molar-refractivity contribution in [3.8, 4) is 11.3 Å². The molecule has 0 spiro atoms. The summed E-state index contributed by atoms with van der Waals surface area (Å²) in [6, 6.07) is 8.54. The lowest BCUT2D eigenvalue weighted by Crippen LogP contribution is -2.34. The normalized spacial score (nSPS) is 19.6. The lowest BCUT2D eigenvalue weighted by molar-refractivity contribution is 0.0768. The number of aryl methyl sites for hydroxylation is 1. The van der Waals surface area contributed by atoms with Crippen LogP contribution in [0.4, 0.5) is 0 Å². The number of aromatic nitrogens is 1. The zero-order valence-electron chi connectivity index (χ0n) is 10.6. The number of ether oxygens (including phenoxy) is 1. The molecule has 1 aromatic heterocycles. The molecule has 2 aromatic rings. The van der Waals surface area contributed by atoms with Crippen LogP contribution in [0.5, 0.6) is 0 Å². The van der Waals surface area contributed by atoms with E-state index in [0.717, 1.165) is 28.3 Å². The van der Waals surface area contributed by atoms with Gasteiger partial charge in [-0.2, -0.15) is 0 Å². The lowest BCUT2D eigenvalue weighted by atomic mass is 10.1. The number of rotatable bonds is 2. The van der Waals surface area contributed by atoms with Gasteiger partial charge < -0.3 is 10.1 Å². The fourth-order valence-corrected chi connectivity index (χ4v) is 3.43. The fourth-order valence-electron chi connectivity index (χ4n) is 2.17. The maximum absolute atomic E-state index is 5.51. The summed E-state index contributed by atoms with van der Waals surface area (Å²) < 4.78 is 6.59. The van der Waals surface area contributed by atoms with Crippen molar-refractivity contribution in [2.75, 3.05) is 19.8 Å². The maximum Gasteiger partial charge on any atom is 0.113 e. The van der Waals surface area contributed by atoms with Crippen LogP contribution >= 0.6 is 27.3 Å². The molecule has 0 radical (unpaired) electrons. The Morgan fingerprint density at radius 3 is 2.84 bits per heavy atom. The highest BCUT2D eigenvalue weighted by molar-refractivity contribution is 9.10. The van der Waals surface area contributed by atoms with E-state index in [0.29, 0.717) is 6.61 Å². The number of hydrogen-bond acceptors (Lipinski definition) is 4. The number of nitrogens with zero attached hydrogens (tertiary/aromatic N) is 1. The van der Waals surface area contributed by atoms with Gasteiger partial charge in [0.05, 0.1) is 24.9 Å². The molecule has 1 unspecified atom stereocenters. The number of morpholine rings is 1. The Morgan fingerprint density at radius 1 is 1.37 bits per heavy atom. The van der Waals surface area contributed by atoms with Crippen LogP contribution in [0.15, 0.2) is 28.7 Å². The summed E-state index contributed by atoms with van der Waals surface area (Å²) in [6.45, 7) is 4.53. The Morgan fingerprint density at radius 2 is 2.16 bits per heavy atom. The van der Waals surface area contributed by atoms with Gasteiger partial charge in [0.2, 0.25) is 0 Å². The van der Waals surface area contributed by atoms with Gasteiger partial charge in [0.25, 0.3) is 0 Å². The van der Waals surface area contributed by atoms with Crippen molar-refractivity contribution in [3.05, 3.63) is 38.6 Å². The summed E-state index contributed by atoms with van der Waals surface area (Å²) in [5.74, 6) is 0. The molecule has 3 rings (SSSR count). The number of hydrogen-bond donors (Lipinski definition) is 1. The van der Waals surface area contributed by atoms with Gasteiger partial charge >= 0.3 is 0 Å². The molecule has 1 aromatic carbocycles. The van der Waals surface area contributed by atoms with E-state index in [9.17, 15) is 0 Å². The van der Waals surface area contributed by atoms with E-state index in [1.807, 2.05) is 0 Å². The van der Waals surface area contributed by atoms with Crippen LogP contribution in [0.2, 0.25) is 0 Å².